The second-order valence-corrected chi connectivity index (χ2v) is 6.30. The molecule has 1 rings (SSSR count). The van der Waals surface area contributed by atoms with E-state index < -0.39 is 23.2 Å². The lowest BCUT2D eigenvalue weighted by Gasteiger charge is -2.28. The third kappa shape index (κ3) is 5.23. The Hall–Kier alpha value is -1.81. The summed E-state index contributed by atoms with van der Waals surface area (Å²) in [6.45, 7) is 6.63. The molecule has 0 radical (unpaired) electrons. The Kier molecular flexibility index (Phi) is 5.55. The SMILES string of the molecule is CC(C)(C)OC(=O)NC1(C(=O)O)CCN(CCCC#N)C1. The van der Waals surface area contributed by atoms with Crippen LogP contribution in [0.1, 0.15) is 40.0 Å². The van der Waals surface area contributed by atoms with Crippen molar-refractivity contribution in [3.63, 3.8) is 0 Å². The fourth-order valence-electron chi connectivity index (χ4n) is 2.29. The lowest BCUT2D eigenvalue weighted by Crippen LogP contribution is -2.57. The molecular weight excluding hydrogens is 274 g/mol. The van der Waals surface area contributed by atoms with E-state index in [1.165, 1.54) is 0 Å². The first kappa shape index (κ1) is 17.2. The molecule has 1 amide bonds. The van der Waals surface area contributed by atoms with Gasteiger partial charge in [0.2, 0.25) is 0 Å². The van der Waals surface area contributed by atoms with Gasteiger partial charge in [0.25, 0.3) is 0 Å². The Morgan fingerprint density at radius 1 is 1.48 bits per heavy atom. The number of aliphatic carboxylic acids is 1. The second-order valence-electron chi connectivity index (χ2n) is 6.30. The number of nitrogens with zero attached hydrogens (tertiary/aromatic N) is 2. The highest BCUT2D eigenvalue weighted by molar-refractivity contribution is 5.85. The zero-order valence-corrected chi connectivity index (χ0v) is 12.8. The van der Waals surface area contributed by atoms with Gasteiger partial charge in [0.1, 0.15) is 5.60 Å². The van der Waals surface area contributed by atoms with Gasteiger partial charge in [0.05, 0.1) is 6.07 Å². The fraction of sp³-hybridized carbons (Fsp3) is 0.786. The molecular formula is C14H23N3O4. The van der Waals surface area contributed by atoms with Crippen molar-refractivity contribution in [1.82, 2.24) is 10.2 Å². The van der Waals surface area contributed by atoms with Crippen LogP contribution in [0.15, 0.2) is 0 Å². The van der Waals surface area contributed by atoms with E-state index in [2.05, 4.69) is 11.4 Å². The normalized spacial score (nSPS) is 22.6. The topological polar surface area (TPSA) is 103 Å². The molecule has 0 spiro atoms. The quantitative estimate of drug-likeness (QED) is 0.742. The van der Waals surface area contributed by atoms with Gasteiger partial charge in [-0.3, -0.25) is 0 Å². The maximum absolute atomic E-state index is 11.8. The predicted molar refractivity (Wildman–Crippen MR) is 75.6 cm³/mol. The molecule has 1 atom stereocenters. The van der Waals surface area contributed by atoms with Crippen LogP contribution in [0.3, 0.4) is 0 Å². The first-order valence-electron chi connectivity index (χ1n) is 7.02. The van der Waals surface area contributed by atoms with Crippen LogP contribution in [-0.2, 0) is 9.53 Å². The Balaban J connectivity index is 2.63. The third-order valence-electron chi connectivity index (χ3n) is 3.26. The van der Waals surface area contributed by atoms with Gasteiger partial charge < -0.3 is 20.1 Å². The van der Waals surface area contributed by atoms with Gasteiger partial charge in [-0.05, 0) is 40.2 Å². The summed E-state index contributed by atoms with van der Waals surface area (Å²) in [5, 5.41) is 20.5. The zero-order valence-electron chi connectivity index (χ0n) is 12.8. The van der Waals surface area contributed by atoms with E-state index in [0.717, 1.165) is 0 Å². The number of unbranched alkanes of at least 4 members (excludes halogenated alkanes) is 1. The van der Waals surface area contributed by atoms with Gasteiger partial charge in [-0.2, -0.15) is 5.26 Å². The number of carboxylic acid groups (broad SMARTS) is 1. The van der Waals surface area contributed by atoms with E-state index in [0.29, 0.717) is 32.4 Å². The highest BCUT2D eigenvalue weighted by Crippen LogP contribution is 2.23. The van der Waals surface area contributed by atoms with Crippen molar-refractivity contribution in [1.29, 1.82) is 5.26 Å². The van der Waals surface area contributed by atoms with E-state index in [9.17, 15) is 14.7 Å². The molecule has 118 valence electrons. The van der Waals surface area contributed by atoms with Crippen molar-refractivity contribution in [3.05, 3.63) is 0 Å². The number of carboxylic acids is 1. The molecule has 0 aromatic carbocycles. The minimum atomic E-state index is -1.31. The van der Waals surface area contributed by atoms with Crippen molar-refractivity contribution < 1.29 is 19.4 Å². The molecule has 1 unspecified atom stereocenters. The van der Waals surface area contributed by atoms with Crippen LogP contribution in [0.2, 0.25) is 0 Å². The fourth-order valence-corrected chi connectivity index (χ4v) is 2.29. The molecule has 2 N–H and O–H groups in total. The molecule has 0 bridgehead atoms. The lowest BCUT2D eigenvalue weighted by atomic mass is 9.99. The van der Waals surface area contributed by atoms with E-state index in [-0.39, 0.29) is 6.54 Å². The van der Waals surface area contributed by atoms with Gasteiger partial charge in [-0.25, -0.2) is 9.59 Å². The van der Waals surface area contributed by atoms with Crippen molar-refractivity contribution in [2.45, 2.75) is 51.2 Å². The first-order chi connectivity index (χ1) is 9.68. The van der Waals surface area contributed by atoms with Crippen molar-refractivity contribution >= 4 is 12.1 Å². The summed E-state index contributed by atoms with van der Waals surface area (Å²) in [7, 11) is 0. The summed E-state index contributed by atoms with van der Waals surface area (Å²) >= 11 is 0. The van der Waals surface area contributed by atoms with E-state index in [1.54, 1.807) is 20.8 Å². The summed E-state index contributed by atoms with van der Waals surface area (Å²) in [5.41, 5.74) is -1.98. The Morgan fingerprint density at radius 2 is 2.14 bits per heavy atom. The monoisotopic (exact) mass is 297 g/mol. The Morgan fingerprint density at radius 3 is 2.67 bits per heavy atom. The highest BCUT2D eigenvalue weighted by atomic mass is 16.6. The number of hydrogen-bond acceptors (Lipinski definition) is 5. The van der Waals surface area contributed by atoms with Crippen LogP contribution in [0.25, 0.3) is 0 Å². The number of rotatable bonds is 5. The number of carbonyl (C=O) groups is 2. The number of nitriles is 1. The van der Waals surface area contributed by atoms with E-state index >= 15 is 0 Å². The molecule has 1 aliphatic rings. The average molecular weight is 297 g/mol. The first-order valence-corrected chi connectivity index (χ1v) is 7.02. The number of hydrogen-bond donors (Lipinski definition) is 2. The molecule has 7 nitrogen and oxygen atoms in total. The van der Waals surface area contributed by atoms with Gasteiger partial charge in [-0.15, -0.1) is 0 Å². The van der Waals surface area contributed by atoms with E-state index in [1.807, 2.05) is 4.90 Å². The molecule has 0 saturated carbocycles. The van der Waals surface area contributed by atoms with Crippen molar-refractivity contribution in [2.24, 2.45) is 0 Å². The summed E-state index contributed by atoms with van der Waals surface area (Å²) in [6, 6.07) is 2.06. The third-order valence-corrected chi connectivity index (χ3v) is 3.26. The molecule has 1 fully saturated rings. The van der Waals surface area contributed by atoms with Crippen LogP contribution >= 0.6 is 0 Å². The summed E-state index contributed by atoms with van der Waals surface area (Å²) in [4.78, 5) is 25.3. The van der Waals surface area contributed by atoms with Crippen molar-refractivity contribution in [3.8, 4) is 6.07 Å². The minimum absolute atomic E-state index is 0.229. The summed E-state index contributed by atoms with van der Waals surface area (Å²) in [6.07, 6.45) is 0.742. The van der Waals surface area contributed by atoms with Crippen LogP contribution in [0.5, 0.6) is 0 Å². The van der Waals surface area contributed by atoms with Gasteiger partial charge in [0.15, 0.2) is 5.54 Å². The standard InChI is InChI=1S/C14H23N3O4/c1-13(2,3)21-12(20)16-14(11(18)19)6-9-17(10-14)8-5-4-7-15/h4-6,8-10H2,1-3H3,(H,16,20)(H,18,19). The van der Waals surface area contributed by atoms with Crippen LogP contribution < -0.4 is 5.32 Å². The lowest BCUT2D eigenvalue weighted by molar-refractivity contribution is -0.144. The average Bonchev–Trinajstić information content (AvgIpc) is 2.71. The zero-order chi connectivity index (χ0) is 16.1. The van der Waals surface area contributed by atoms with Crippen LogP contribution in [0, 0.1) is 11.3 Å². The smallest absolute Gasteiger partial charge is 0.408 e. The number of carbonyl (C=O) groups excluding carboxylic acids is 1. The maximum Gasteiger partial charge on any atom is 0.408 e. The number of nitrogens with one attached hydrogen (secondary N) is 1. The highest BCUT2D eigenvalue weighted by Gasteiger charge is 2.46. The minimum Gasteiger partial charge on any atom is -0.479 e. The summed E-state index contributed by atoms with van der Waals surface area (Å²) in [5.74, 6) is -1.06. The largest absolute Gasteiger partial charge is 0.479 e. The molecule has 0 aliphatic carbocycles. The molecule has 0 aromatic heterocycles. The van der Waals surface area contributed by atoms with Crippen LogP contribution in [-0.4, -0.2) is 52.8 Å². The molecule has 7 heteroatoms. The predicted octanol–water partition coefficient (Wildman–Crippen LogP) is 1.34. The molecule has 1 aliphatic heterocycles. The van der Waals surface area contributed by atoms with Crippen LogP contribution in [0.4, 0.5) is 4.79 Å². The molecule has 0 aromatic rings. The number of alkyl carbamates (subject to hydrolysis) is 1. The summed E-state index contributed by atoms with van der Waals surface area (Å²) < 4.78 is 5.13. The molecule has 1 saturated heterocycles. The second kappa shape index (κ2) is 6.76. The Labute approximate surface area is 124 Å². The van der Waals surface area contributed by atoms with Crippen molar-refractivity contribution in [2.75, 3.05) is 19.6 Å². The molecule has 21 heavy (non-hydrogen) atoms. The van der Waals surface area contributed by atoms with E-state index in [4.69, 9.17) is 10.00 Å². The number of ether oxygens (including phenoxy) is 1. The number of likely N-dealkylation sites (tertiary alicyclic amines) is 1. The Bertz CT molecular complexity index is 438. The van der Waals surface area contributed by atoms with Gasteiger partial charge in [-0.1, -0.05) is 0 Å². The molecule has 1 heterocycles. The maximum atomic E-state index is 11.8. The van der Waals surface area contributed by atoms with Gasteiger partial charge in [0, 0.05) is 19.5 Å². The number of amides is 1. The van der Waals surface area contributed by atoms with Gasteiger partial charge >= 0.3 is 12.1 Å².